The van der Waals surface area contributed by atoms with Crippen LogP contribution in [0.5, 0.6) is 5.75 Å². The molecular formula is C13H18ClNO2. The van der Waals surface area contributed by atoms with Gasteiger partial charge in [-0.25, -0.2) is 0 Å². The number of aryl methyl sites for hydroxylation is 1. The van der Waals surface area contributed by atoms with Crippen LogP contribution in [0.3, 0.4) is 0 Å². The number of carbonyl (C=O) groups is 1. The Kier molecular flexibility index (Phi) is 4.97. The molecule has 0 saturated heterocycles. The van der Waals surface area contributed by atoms with E-state index < -0.39 is 0 Å². The summed E-state index contributed by atoms with van der Waals surface area (Å²) in [6, 6.07) is 3.63. The van der Waals surface area contributed by atoms with Crippen LogP contribution in [0.2, 0.25) is 5.02 Å². The monoisotopic (exact) mass is 255 g/mol. The standard InChI is InChI=1S/C13H18ClNO2/c1-8-5-10(14)7-11(13(8)17-4)12(15-3)6-9(2)16/h5,7,12,15H,6H2,1-4H3. The summed E-state index contributed by atoms with van der Waals surface area (Å²) in [5.74, 6) is 0.916. The number of hydrogen-bond acceptors (Lipinski definition) is 3. The second-order valence-electron chi connectivity index (χ2n) is 4.09. The first-order chi connectivity index (χ1) is 7.99. The van der Waals surface area contributed by atoms with Crippen LogP contribution in [0, 0.1) is 6.92 Å². The minimum absolute atomic E-state index is 0.0696. The van der Waals surface area contributed by atoms with Crippen molar-refractivity contribution in [2.45, 2.75) is 26.3 Å². The van der Waals surface area contributed by atoms with Gasteiger partial charge in [-0.3, -0.25) is 4.79 Å². The van der Waals surface area contributed by atoms with Gasteiger partial charge in [-0.05, 0) is 38.6 Å². The number of carbonyl (C=O) groups excluding carboxylic acids is 1. The Bertz CT molecular complexity index is 418. The summed E-state index contributed by atoms with van der Waals surface area (Å²) in [6.07, 6.45) is 0.423. The van der Waals surface area contributed by atoms with Gasteiger partial charge in [-0.1, -0.05) is 11.6 Å². The van der Waals surface area contributed by atoms with E-state index in [0.717, 1.165) is 16.9 Å². The summed E-state index contributed by atoms with van der Waals surface area (Å²) in [7, 11) is 3.45. The molecule has 17 heavy (non-hydrogen) atoms. The molecule has 4 heteroatoms. The molecule has 0 aliphatic heterocycles. The summed E-state index contributed by atoms with van der Waals surface area (Å²) in [5, 5.41) is 3.77. The van der Waals surface area contributed by atoms with Gasteiger partial charge in [-0.2, -0.15) is 0 Å². The van der Waals surface area contributed by atoms with E-state index in [0.29, 0.717) is 11.4 Å². The average molecular weight is 256 g/mol. The molecule has 0 saturated carbocycles. The predicted octanol–water partition coefficient (Wildman–Crippen LogP) is 2.90. The van der Waals surface area contributed by atoms with Crippen LogP contribution in [0.25, 0.3) is 0 Å². The second kappa shape index (κ2) is 6.03. The summed E-state index contributed by atoms with van der Waals surface area (Å²) in [4.78, 5) is 11.2. The normalized spacial score (nSPS) is 12.3. The minimum atomic E-state index is -0.0696. The lowest BCUT2D eigenvalue weighted by atomic mass is 9.98. The smallest absolute Gasteiger partial charge is 0.131 e. The molecule has 0 heterocycles. The lowest BCUT2D eigenvalue weighted by Gasteiger charge is -2.20. The summed E-state index contributed by atoms with van der Waals surface area (Å²) in [5.41, 5.74) is 1.90. The van der Waals surface area contributed by atoms with E-state index in [1.54, 1.807) is 14.0 Å². The molecule has 0 fully saturated rings. The Morgan fingerprint density at radius 3 is 2.65 bits per heavy atom. The van der Waals surface area contributed by atoms with E-state index in [1.807, 2.05) is 26.1 Å². The maximum Gasteiger partial charge on any atom is 0.131 e. The van der Waals surface area contributed by atoms with Gasteiger partial charge in [0, 0.05) is 23.0 Å². The summed E-state index contributed by atoms with van der Waals surface area (Å²) >= 11 is 6.05. The molecule has 1 atom stereocenters. The Morgan fingerprint density at radius 2 is 2.18 bits per heavy atom. The first-order valence-corrected chi connectivity index (χ1v) is 5.88. The molecule has 0 radical (unpaired) electrons. The SMILES string of the molecule is CNC(CC(C)=O)c1cc(Cl)cc(C)c1OC. The number of benzene rings is 1. The maximum absolute atomic E-state index is 11.2. The molecule has 0 spiro atoms. The highest BCUT2D eigenvalue weighted by molar-refractivity contribution is 6.30. The van der Waals surface area contributed by atoms with Gasteiger partial charge in [-0.15, -0.1) is 0 Å². The number of ketones is 1. The number of rotatable bonds is 5. The van der Waals surface area contributed by atoms with Gasteiger partial charge < -0.3 is 10.1 Å². The Morgan fingerprint density at radius 1 is 1.53 bits per heavy atom. The zero-order chi connectivity index (χ0) is 13.0. The fraction of sp³-hybridized carbons (Fsp3) is 0.462. The van der Waals surface area contributed by atoms with Crippen molar-refractivity contribution in [1.29, 1.82) is 0 Å². The van der Waals surface area contributed by atoms with Gasteiger partial charge in [0.15, 0.2) is 0 Å². The first-order valence-electron chi connectivity index (χ1n) is 5.50. The molecule has 0 aromatic heterocycles. The molecule has 0 amide bonds. The van der Waals surface area contributed by atoms with E-state index >= 15 is 0 Å². The van der Waals surface area contributed by atoms with Gasteiger partial charge in [0.1, 0.15) is 11.5 Å². The van der Waals surface area contributed by atoms with Crippen molar-refractivity contribution in [3.8, 4) is 5.75 Å². The highest BCUT2D eigenvalue weighted by Crippen LogP contribution is 2.33. The molecule has 1 rings (SSSR count). The molecule has 1 N–H and O–H groups in total. The average Bonchev–Trinajstić information content (AvgIpc) is 2.24. The lowest BCUT2D eigenvalue weighted by molar-refractivity contribution is -0.117. The number of ether oxygens (including phenoxy) is 1. The highest BCUT2D eigenvalue weighted by atomic mass is 35.5. The summed E-state index contributed by atoms with van der Waals surface area (Å²) in [6.45, 7) is 3.52. The fourth-order valence-corrected chi connectivity index (χ4v) is 2.23. The van der Waals surface area contributed by atoms with Gasteiger partial charge in [0.25, 0.3) is 0 Å². The van der Waals surface area contributed by atoms with Crippen molar-refractivity contribution in [1.82, 2.24) is 5.32 Å². The van der Waals surface area contributed by atoms with Gasteiger partial charge >= 0.3 is 0 Å². The van der Waals surface area contributed by atoms with Crippen molar-refractivity contribution in [2.24, 2.45) is 0 Å². The maximum atomic E-state index is 11.2. The quantitative estimate of drug-likeness (QED) is 0.879. The number of nitrogens with one attached hydrogen (secondary N) is 1. The largest absolute Gasteiger partial charge is 0.496 e. The van der Waals surface area contributed by atoms with Crippen LogP contribution in [-0.2, 0) is 4.79 Å². The molecule has 0 aliphatic carbocycles. The molecule has 3 nitrogen and oxygen atoms in total. The molecule has 94 valence electrons. The third-order valence-corrected chi connectivity index (χ3v) is 2.91. The molecule has 1 aromatic carbocycles. The molecule has 1 aromatic rings. The van der Waals surface area contributed by atoms with Crippen molar-refractivity contribution < 1.29 is 9.53 Å². The van der Waals surface area contributed by atoms with Crippen LogP contribution < -0.4 is 10.1 Å². The Hall–Kier alpha value is -1.06. The fourth-order valence-electron chi connectivity index (χ4n) is 1.95. The summed E-state index contributed by atoms with van der Waals surface area (Å²) < 4.78 is 5.39. The topological polar surface area (TPSA) is 38.3 Å². The first kappa shape index (κ1) is 14.0. The molecule has 1 unspecified atom stereocenters. The van der Waals surface area contributed by atoms with E-state index in [4.69, 9.17) is 16.3 Å². The minimum Gasteiger partial charge on any atom is -0.496 e. The number of Topliss-reactive ketones (excluding diaryl/α,β-unsaturated/α-hetero) is 1. The Balaban J connectivity index is 3.21. The van der Waals surface area contributed by atoms with Gasteiger partial charge in [0.2, 0.25) is 0 Å². The third-order valence-electron chi connectivity index (χ3n) is 2.69. The predicted molar refractivity (Wildman–Crippen MR) is 69.8 cm³/mol. The van der Waals surface area contributed by atoms with Crippen LogP contribution in [0.4, 0.5) is 0 Å². The van der Waals surface area contributed by atoms with Crippen molar-refractivity contribution in [3.63, 3.8) is 0 Å². The lowest BCUT2D eigenvalue weighted by Crippen LogP contribution is -2.20. The van der Waals surface area contributed by atoms with E-state index in [2.05, 4.69) is 5.32 Å². The van der Waals surface area contributed by atoms with E-state index in [1.165, 1.54) is 0 Å². The number of hydrogen-bond donors (Lipinski definition) is 1. The molecule has 0 aliphatic rings. The van der Waals surface area contributed by atoms with Crippen LogP contribution in [0.15, 0.2) is 12.1 Å². The van der Waals surface area contributed by atoms with Crippen molar-refractivity contribution in [2.75, 3.05) is 14.2 Å². The van der Waals surface area contributed by atoms with Crippen LogP contribution in [-0.4, -0.2) is 19.9 Å². The third kappa shape index (κ3) is 3.45. The second-order valence-corrected chi connectivity index (χ2v) is 4.53. The van der Waals surface area contributed by atoms with E-state index in [9.17, 15) is 4.79 Å². The zero-order valence-corrected chi connectivity index (χ0v) is 11.4. The van der Waals surface area contributed by atoms with E-state index in [-0.39, 0.29) is 11.8 Å². The number of methoxy groups -OCH3 is 1. The van der Waals surface area contributed by atoms with Crippen molar-refractivity contribution in [3.05, 3.63) is 28.3 Å². The van der Waals surface area contributed by atoms with Crippen molar-refractivity contribution >= 4 is 17.4 Å². The molecular weight excluding hydrogens is 238 g/mol. The zero-order valence-electron chi connectivity index (χ0n) is 10.6. The Labute approximate surface area is 107 Å². The highest BCUT2D eigenvalue weighted by Gasteiger charge is 2.18. The van der Waals surface area contributed by atoms with Crippen LogP contribution in [0.1, 0.15) is 30.5 Å². The number of halogens is 1. The van der Waals surface area contributed by atoms with Crippen LogP contribution >= 0.6 is 11.6 Å². The van der Waals surface area contributed by atoms with Gasteiger partial charge in [0.05, 0.1) is 7.11 Å². The molecule has 0 bridgehead atoms.